The summed E-state index contributed by atoms with van der Waals surface area (Å²) in [4.78, 5) is 11.5. The Labute approximate surface area is 110 Å². The Balaban J connectivity index is 2.18. The van der Waals surface area contributed by atoms with E-state index in [4.69, 9.17) is 0 Å². The van der Waals surface area contributed by atoms with Crippen molar-refractivity contribution < 1.29 is 4.79 Å². The van der Waals surface area contributed by atoms with Crippen molar-refractivity contribution in [2.24, 2.45) is 0 Å². The number of carbonyl (C=O) groups is 1. The van der Waals surface area contributed by atoms with Crippen LogP contribution < -0.4 is 10.6 Å². The Morgan fingerprint density at radius 2 is 1.78 bits per heavy atom. The summed E-state index contributed by atoms with van der Waals surface area (Å²) in [5.74, 6) is 0.149. The summed E-state index contributed by atoms with van der Waals surface area (Å²) in [5.41, 5.74) is 2.64. The minimum atomic E-state index is 0.149. The molecule has 1 aromatic rings. The summed E-state index contributed by atoms with van der Waals surface area (Å²) in [6.07, 6.45) is 3.48. The van der Waals surface area contributed by atoms with Gasteiger partial charge in [-0.15, -0.1) is 0 Å². The predicted molar refractivity (Wildman–Crippen MR) is 75.7 cm³/mol. The van der Waals surface area contributed by atoms with Gasteiger partial charge in [-0.05, 0) is 44.0 Å². The monoisotopic (exact) mass is 248 g/mol. The molecule has 0 bridgehead atoms. The van der Waals surface area contributed by atoms with Crippen LogP contribution in [0.25, 0.3) is 0 Å². The number of nitrogens with one attached hydrogen (secondary N) is 2. The Bertz CT molecular complexity index is 346. The van der Waals surface area contributed by atoms with Gasteiger partial charge in [0.25, 0.3) is 0 Å². The molecular weight excluding hydrogens is 224 g/mol. The standard InChI is InChI=1S/C15H24N2O/c1-3-13-6-8-14(9-7-13)10-12-17-15(18)5-4-11-16-2/h6-9,16H,3-5,10-12H2,1-2H3,(H,17,18). The molecule has 0 aliphatic carbocycles. The third kappa shape index (κ3) is 5.82. The van der Waals surface area contributed by atoms with Crippen molar-refractivity contribution in [2.75, 3.05) is 20.1 Å². The lowest BCUT2D eigenvalue weighted by atomic mass is 10.1. The van der Waals surface area contributed by atoms with Gasteiger partial charge < -0.3 is 10.6 Å². The van der Waals surface area contributed by atoms with Crippen molar-refractivity contribution in [3.8, 4) is 0 Å². The molecule has 3 heteroatoms. The van der Waals surface area contributed by atoms with Crippen molar-refractivity contribution in [1.82, 2.24) is 10.6 Å². The molecule has 0 aliphatic heterocycles. The lowest BCUT2D eigenvalue weighted by Crippen LogP contribution is -2.26. The zero-order valence-electron chi connectivity index (χ0n) is 11.5. The molecule has 0 saturated carbocycles. The first kappa shape index (κ1) is 14.7. The molecule has 3 nitrogen and oxygen atoms in total. The maximum Gasteiger partial charge on any atom is 0.220 e. The smallest absolute Gasteiger partial charge is 0.220 e. The molecule has 0 atom stereocenters. The molecule has 1 aromatic carbocycles. The van der Waals surface area contributed by atoms with Gasteiger partial charge in [0.2, 0.25) is 5.91 Å². The van der Waals surface area contributed by atoms with Crippen LogP contribution in [0.2, 0.25) is 0 Å². The SMILES string of the molecule is CCc1ccc(CCNC(=O)CCCNC)cc1. The Morgan fingerprint density at radius 1 is 1.11 bits per heavy atom. The summed E-state index contributed by atoms with van der Waals surface area (Å²) in [6.45, 7) is 3.77. The van der Waals surface area contributed by atoms with Crippen molar-refractivity contribution in [3.63, 3.8) is 0 Å². The first-order valence-corrected chi connectivity index (χ1v) is 6.75. The van der Waals surface area contributed by atoms with E-state index in [0.717, 1.165) is 32.4 Å². The summed E-state index contributed by atoms with van der Waals surface area (Å²) in [7, 11) is 1.90. The summed E-state index contributed by atoms with van der Waals surface area (Å²) in [6, 6.07) is 8.60. The fourth-order valence-electron chi connectivity index (χ4n) is 1.80. The Morgan fingerprint density at radius 3 is 2.39 bits per heavy atom. The van der Waals surface area contributed by atoms with E-state index in [9.17, 15) is 4.79 Å². The van der Waals surface area contributed by atoms with E-state index >= 15 is 0 Å². The molecular formula is C15H24N2O. The molecule has 18 heavy (non-hydrogen) atoms. The molecule has 0 aliphatic rings. The number of benzene rings is 1. The van der Waals surface area contributed by atoms with Crippen LogP contribution in [0.15, 0.2) is 24.3 Å². The van der Waals surface area contributed by atoms with Gasteiger partial charge in [-0.1, -0.05) is 31.2 Å². The normalized spacial score (nSPS) is 10.3. The number of hydrogen-bond acceptors (Lipinski definition) is 2. The van der Waals surface area contributed by atoms with Gasteiger partial charge in [-0.3, -0.25) is 4.79 Å². The zero-order chi connectivity index (χ0) is 13.2. The quantitative estimate of drug-likeness (QED) is 0.690. The van der Waals surface area contributed by atoms with Gasteiger partial charge in [0.15, 0.2) is 0 Å². The highest BCUT2D eigenvalue weighted by Gasteiger charge is 2.00. The molecule has 0 spiro atoms. The fraction of sp³-hybridized carbons (Fsp3) is 0.533. The first-order chi connectivity index (χ1) is 8.76. The van der Waals surface area contributed by atoms with E-state index in [1.165, 1.54) is 11.1 Å². The number of carbonyl (C=O) groups excluding carboxylic acids is 1. The fourth-order valence-corrected chi connectivity index (χ4v) is 1.80. The molecule has 1 rings (SSSR count). The zero-order valence-corrected chi connectivity index (χ0v) is 11.5. The number of aryl methyl sites for hydroxylation is 1. The largest absolute Gasteiger partial charge is 0.356 e. The van der Waals surface area contributed by atoms with Gasteiger partial charge >= 0.3 is 0 Å². The Hall–Kier alpha value is -1.35. The summed E-state index contributed by atoms with van der Waals surface area (Å²) in [5, 5.41) is 5.99. The van der Waals surface area contributed by atoms with Crippen molar-refractivity contribution in [2.45, 2.75) is 32.6 Å². The number of hydrogen-bond donors (Lipinski definition) is 2. The highest BCUT2D eigenvalue weighted by molar-refractivity contribution is 5.75. The van der Waals surface area contributed by atoms with Crippen LogP contribution in [0.3, 0.4) is 0 Å². The molecule has 100 valence electrons. The lowest BCUT2D eigenvalue weighted by molar-refractivity contribution is -0.121. The molecule has 0 unspecified atom stereocenters. The van der Waals surface area contributed by atoms with E-state index < -0.39 is 0 Å². The molecule has 0 saturated heterocycles. The maximum atomic E-state index is 11.5. The van der Waals surface area contributed by atoms with E-state index in [1.807, 2.05) is 7.05 Å². The minimum absolute atomic E-state index is 0.149. The van der Waals surface area contributed by atoms with Gasteiger partial charge in [0, 0.05) is 13.0 Å². The van der Waals surface area contributed by atoms with Crippen LogP contribution in [0.5, 0.6) is 0 Å². The molecule has 0 aromatic heterocycles. The average Bonchev–Trinajstić information content (AvgIpc) is 2.40. The van der Waals surface area contributed by atoms with E-state index in [2.05, 4.69) is 41.8 Å². The molecule has 0 radical (unpaired) electrons. The van der Waals surface area contributed by atoms with Crippen molar-refractivity contribution >= 4 is 5.91 Å². The number of rotatable bonds is 8. The summed E-state index contributed by atoms with van der Waals surface area (Å²) < 4.78 is 0. The topological polar surface area (TPSA) is 41.1 Å². The van der Waals surface area contributed by atoms with Gasteiger partial charge in [0.05, 0.1) is 0 Å². The van der Waals surface area contributed by atoms with Crippen LogP contribution in [-0.4, -0.2) is 26.0 Å². The summed E-state index contributed by atoms with van der Waals surface area (Å²) >= 11 is 0. The van der Waals surface area contributed by atoms with Gasteiger partial charge in [0.1, 0.15) is 0 Å². The van der Waals surface area contributed by atoms with E-state index in [-0.39, 0.29) is 5.91 Å². The second-order valence-electron chi connectivity index (χ2n) is 4.48. The molecule has 2 N–H and O–H groups in total. The second-order valence-corrected chi connectivity index (χ2v) is 4.48. The molecule has 0 heterocycles. The van der Waals surface area contributed by atoms with Gasteiger partial charge in [-0.25, -0.2) is 0 Å². The first-order valence-electron chi connectivity index (χ1n) is 6.75. The lowest BCUT2D eigenvalue weighted by Gasteiger charge is -2.06. The van der Waals surface area contributed by atoms with Crippen LogP contribution in [0, 0.1) is 0 Å². The van der Waals surface area contributed by atoms with Crippen LogP contribution >= 0.6 is 0 Å². The van der Waals surface area contributed by atoms with Crippen molar-refractivity contribution in [3.05, 3.63) is 35.4 Å². The highest BCUT2D eigenvalue weighted by atomic mass is 16.1. The Kier molecular flexibility index (Phi) is 7.11. The molecule has 1 amide bonds. The second kappa shape index (κ2) is 8.70. The van der Waals surface area contributed by atoms with E-state index in [1.54, 1.807) is 0 Å². The van der Waals surface area contributed by atoms with E-state index in [0.29, 0.717) is 6.42 Å². The number of amides is 1. The van der Waals surface area contributed by atoms with Crippen LogP contribution in [0.4, 0.5) is 0 Å². The molecule has 0 fully saturated rings. The highest BCUT2D eigenvalue weighted by Crippen LogP contribution is 2.05. The average molecular weight is 248 g/mol. The third-order valence-electron chi connectivity index (χ3n) is 3.00. The van der Waals surface area contributed by atoms with Crippen LogP contribution in [0.1, 0.15) is 30.9 Å². The van der Waals surface area contributed by atoms with Gasteiger partial charge in [-0.2, -0.15) is 0 Å². The maximum absolute atomic E-state index is 11.5. The third-order valence-corrected chi connectivity index (χ3v) is 3.00. The van der Waals surface area contributed by atoms with Crippen LogP contribution in [-0.2, 0) is 17.6 Å². The predicted octanol–water partition coefficient (Wildman–Crippen LogP) is 1.91. The minimum Gasteiger partial charge on any atom is -0.356 e. The van der Waals surface area contributed by atoms with Crippen molar-refractivity contribution in [1.29, 1.82) is 0 Å².